The number of anilines is 6. The topological polar surface area (TPSA) is 6.48 Å². The smallest absolute Gasteiger partial charge is 0.0887 e. The van der Waals surface area contributed by atoms with Gasteiger partial charge in [0.15, 0.2) is 0 Å². The minimum Gasteiger partial charge on any atom is -0.309 e. The molecule has 0 fully saturated rings. The molecule has 208 valence electrons. The summed E-state index contributed by atoms with van der Waals surface area (Å²) in [5.41, 5.74) is 8.81. The number of para-hydroxylation sites is 2. The van der Waals surface area contributed by atoms with Gasteiger partial charge in [0.25, 0.3) is 0 Å². The summed E-state index contributed by atoms with van der Waals surface area (Å²) in [7, 11) is 0. The summed E-state index contributed by atoms with van der Waals surface area (Å²) in [5.74, 6) is 0. The number of hydrogen-bond acceptors (Lipinski definition) is 2. The highest BCUT2D eigenvalue weighted by Crippen LogP contribution is 2.46. The molecule has 0 unspecified atom stereocenters. The standard InChI is InChI=1S/C38H39ClN2/c1-37(2,3)28-20-24-32(25-21-28)40(30-14-9-7-10-15-30)34-18-13-19-35(36(34)39)41(31-16-11-8-12-17-31)33-26-22-29(23-27-33)38(4,5)6/h7-27H,1-6H3. The molecule has 0 aliphatic rings. The van der Waals surface area contributed by atoms with Crippen molar-refractivity contribution in [2.24, 2.45) is 0 Å². The van der Waals surface area contributed by atoms with E-state index in [4.69, 9.17) is 11.6 Å². The van der Waals surface area contributed by atoms with Gasteiger partial charge < -0.3 is 9.80 Å². The van der Waals surface area contributed by atoms with Crippen molar-refractivity contribution in [1.29, 1.82) is 0 Å². The summed E-state index contributed by atoms with van der Waals surface area (Å²) in [5, 5.41) is 0.681. The highest BCUT2D eigenvalue weighted by Gasteiger charge is 2.23. The average molecular weight is 559 g/mol. The fourth-order valence-electron chi connectivity index (χ4n) is 5.08. The summed E-state index contributed by atoms with van der Waals surface area (Å²) in [6.45, 7) is 13.4. The van der Waals surface area contributed by atoms with Crippen molar-refractivity contribution < 1.29 is 0 Å². The third-order valence-corrected chi connectivity index (χ3v) is 7.84. The van der Waals surface area contributed by atoms with Crippen LogP contribution in [-0.2, 0) is 10.8 Å². The van der Waals surface area contributed by atoms with Gasteiger partial charge in [-0.15, -0.1) is 0 Å². The maximum atomic E-state index is 7.42. The summed E-state index contributed by atoms with van der Waals surface area (Å²) >= 11 is 7.42. The summed E-state index contributed by atoms with van der Waals surface area (Å²) in [4.78, 5) is 4.48. The Hall–Kier alpha value is -4.01. The second-order valence-electron chi connectivity index (χ2n) is 12.5. The van der Waals surface area contributed by atoms with Crippen LogP contribution in [-0.4, -0.2) is 0 Å². The van der Waals surface area contributed by atoms with Crippen LogP contribution in [0.1, 0.15) is 52.7 Å². The van der Waals surface area contributed by atoms with E-state index in [0.717, 1.165) is 34.1 Å². The van der Waals surface area contributed by atoms with Gasteiger partial charge in [0, 0.05) is 22.7 Å². The monoisotopic (exact) mass is 558 g/mol. The Morgan fingerprint density at radius 3 is 1.02 bits per heavy atom. The number of halogens is 1. The first kappa shape index (κ1) is 28.5. The van der Waals surface area contributed by atoms with Gasteiger partial charge in [-0.2, -0.15) is 0 Å². The van der Waals surface area contributed by atoms with Crippen molar-refractivity contribution >= 4 is 45.7 Å². The highest BCUT2D eigenvalue weighted by atomic mass is 35.5. The predicted octanol–water partition coefficient (Wildman–Crippen LogP) is 11.9. The van der Waals surface area contributed by atoms with E-state index in [1.165, 1.54) is 11.1 Å². The molecule has 0 N–H and O–H groups in total. The van der Waals surface area contributed by atoms with Gasteiger partial charge in [-0.1, -0.05) is 120 Å². The Morgan fingerprint density at radius 1 is 0.390 bits per heavy atom. The molecule has 0 heterocycles. The maximum absolute atomic E-state index is 7.42. The molecule has 0 spiro atoms. The van der Waals surface area contributed by atoms with Crippen molar-refractivity contribution in [3.8, 4) is 0 Å². The Morgan fingerprint density at radius 2 is 0.707 bits per heavy atom. The zero-order chi connectivity index (χ0) is 29.2. The maximum Gasteiger partial charge on any atom is 0.0887 e. The lowest BCUT2D eigenvalue weighted by atomic mass is 9.87. The van der Waals surface area contributed by atoms with Crippen LogP contribution in [0.2, 0.25) is 5.02 Å². The van der Waals surface area contributed by atoms with E-state index < -0.39 is 0 Å². The van der Waals surface area contributed by atoms with Gasteiger partial charge in [-0.25, -0.2) is 0 Å². The molecule has 0 radical (unpaired) electrons. The fraction of sp³-hybridized carbons (Fsp3) is 0.211. The lowest BCUT2D eigenvalue weighted by Crippen LogP contribution is -2.15. The zero-order valence-corrected chi connectivity index (χ0v) is 25.7. The van der Waals surface area contributed by atoms with Crippen LogP contribution in [0.4, 0.5) is 34.1 Å². The molecule has 0 aliphatic carbocycles. The Bertz CT molecular complexity index is 1460. The molecular weight excluding hydrogens is 520 g/mol. The van der Waals surface area contributed by atoms with E-state index in [-0.39, 0.29) is 10.8 Å². The van der Waals surface area contributed by atoms with E-state index >= 15 is 0 Å². The number of hydrogen-bond donors (Lipinski definition) is 0. The highest BCUT2D eigenvalue weighted by molar-refractivity contribution is 6.36. The minimum absolute atomic E-state index is 0.0758. The SMILES string of the molecule is CC(C)(C)c1ccc(N(c2ccccc2)c2cccc(N(c3ccccc3)c3ccc(C(C)(C)C)cc3)c2Cl)cc1. The van der Waals surface area contributed by atoms with Gasteiger partial charge in [-0.05, 0) is 82.6 Å². The molecule has 5 rings (SSSR count). The minimum atomic E-state index is 0.0758. The Balaban J connectivity index is 1.67. The molecule has 0 bridgehead atoms. The second-order valence-corrected chi connectivity index (χ2v) is 12.9. The van der Waals surface area contributed by atoms with E-state index in [2.05, 4.69) is 167 Å². The van der Waals surface area contributed by atoms with Gasteiger partial charge in [0.05, 0.1) is 16.4 Å². The number of rotatable bonds is 6. The molecule has 0 aromatic heterocycles. The Labute approximate surface area is 250 Å². The fourth-order valence-corrected chi connectivity index (χ4v) is 5.38. The summed E-state index contributed by atoms with van der Waals surface area (Å²) < 4.78 is 0. The van der Waals surface area contributed by atoms with Crippen molar-refractivity contribution in [1.82, 2.24) is 0 Å². The molecule has 0 saturated carbocycles. The summed E-state index contributed by atoms with van der Waals surface area (Å²) in [6.07, 6.45) is 0. The first-order valence-electron chi connectivity index (χ1n) is 14.2. The van der Waals surface area contributed by atoms with Crippen LogP contribution in [0.15, 0.2) is 127 Å². The normalized spacial score (nSPS) is 11.8. The van der Waals surface area contributed by atoms with Gasteiger partial charge in [-0.3, -0.25) is 0 Å². The van der Waals surface area contributed by atoms with Gasteiger partial charge in [0.1, 0.15) is 0 Å². The second kappa shape index (κ2) is 11.5. The van der Waals surface area contributed by atoms with E-state index in [1.807, 2.05) is 12.1 Å². The van der Waals surface area contributed by atoms with Crippen LogP contribution in [0, 0.1) is 0 Å². The van der Waals surface area contributed by atoms with Gasteiger partial charge >= 0.3 is 0 Å². The van der Waals surface area contributed by atoms with E-state index in [9.17, 15) is 0 Å². The third kappa shape index (κ3) is 6.19. The van der Waals surface area contributed by atoms with Crippen molar-refractivity contribution in [2.45, 2.75) is 52.4 Å². The van der Waals surface area contributed by atoms with Crippen molar-refractivity contribution in [3.05, 3.63) is 144 Å². The molecule has 3 heteroatoms. The van der Waals surface area contributed by atoms with E-state index in [0.29, 0.717) is 5.02 Å². The van der Waals surface area contributed by atoms with Crippen LogP contribution >= 0.6 is 11.6 Å². The molecule has 5 aromatic rings. The largest absolute Gasteiger partial charge is 0.309 e. The molecular formula is C38H39ClN2. The summed E-state index contributed by atoms with van der Waals surface area (Å²) in [6, 6.07) is 44.8. The number of benzene rings is 5. The van der Waals surface area contributed by atoms with Crippen LogP contribution < -0.4 is 9.80 Å². The first-order chi connectivity index (χ1) is 19.5. The lowest BCUT2D eigenvalue weighted by molar-refractivity contribution is 0.590. The predicted molar refractivity (Wildman–Crippen MR) is 178 cm³/mol. The molecule has 0 saturated heterocycles. The van der Waals surface area contributed by atoms with Crippen LogP contribution in [0.5, 0.6) is 0 Å². The molecule has 5 aromatic carbocycles. The average Bonchev–Trinajstić information content (AvgIpc) is 2.96. The Kier molecular flexibility index (Phi) is 7.98. The van der Waals surface area contributed by atoms with Crippen molar-refractivity contribution in [2.75, 3.05) is 9.80 Å². The lowest BCUT2D eigenvalue weighted by Gasteiger charge is -2.31. The van der Waals surface area contributed by atoms with Crippen LogP contribution in [0.25, 0.3) is 0 Å². The number of nitrogens with zero attached hydrogens (tertiary/aromatic N) is 2. The molecule has 41 heavy (non-hydrogen) atoms. The first-order valence-corrected chi connectivity index (χ1v) is 14.6. The van der Waals surface area contributed by atoms with Gasteiger partial charge in [0.2, 0.25) is 0 Å². The third-order valence-electron chi connectivity index (χ3n) is 7.45. The molecule has 0 aliphatic heterocycles. The molecule has 0 atom stereocenters. The van der Waals surface area contributed by atoms with Crippen LogP contribution in [0.3, 0.4) is 0 Å². The molecule has 0 amide bonds. The zero-order valence-electron chi connectivity index (χ0n) is 24.9. The van der Waals surface area contributed by atoms with E-state index in [1.54, 1.807) is 0 Å². The molecule has 2 nitrogen and oxygen atoms in total. The van der Waals surface area contributed by atoms with Crippen molar-refractivity contribution in [3.63, 3.8) is 0 Å². The quantitative estimate of drug-likeness (QED) is 0.204.